The molecule has 0 aliphatic heterocycles. The van der Waals surface area contributed by atoms with Crippen molar-refractivity contribution in [2.45, 2.75) is 0 Å². The van der Waals surface area contributed by atoms with Crippen LogP contribution < -0.4 is 9.80 Å². The number of methoxy groups -OCH3 is 1. The number of nitrogens with one attached hydrogen (secondary N) is 1. The molecule has 0 atom stereocenters. The van der Waals surface area contributed by atoms with Gasteiger partial charge in [-0.1, -0.05) is 0 Å². The fourth-order valence-electron chi connectivity index (χ4n) is 0.947. The standard InChI is InChI=1S/C9H16N6O/c1-14(2)8-11-7(6(10)16-5)12-9(13-8)15(3)4/h10H,1-5H3. The molecule has 1 heterocycles. The van der Waals surface area contributed by atoms with Crippen LogP contribution >= 0.6 is 0 Å². The van der Waals surface area contributed by atoms with Gasteiger partial charge in [0, 0.05) is 28.2 Å². The Kier molecular flexibility index (Phi) is 3.60. The van der Waals surface area contributed by atoms with E-state index in [0.717, 1.165) is 0 Å². The third-order valence-electron chi connectivity index (χ3n) is 1.82. The SMILES string of the molecule is COC(=N)c1nc(N(C)C)nc(N(C)C)n1. The largest absolute Gasteiger partial charge is 0.479 e. The molecule has 7 nitrogen and oxygen atoms in total. The van der Waals surface area contributed by atoms with Gasteiger partial charge in [-0.25, -0.2) is 0 Å². The zero-order valence-electron chi connectivity index (χ0n) is 10.1. The summed E-state index contributed by atoms with van der Waals surface area (Å²) in [7, 11) is 8.73. The van der Waals surface area contributed by atoms with E-state index in [4.69, 9.17) is 10.1 Å². The molecule has 0 aliphatic rings. The summed E-state index contributed by atoms with van der Waals surface area (Å²) in [4.78, 5) is 16.0. The number of nitrogens with zero attached hydrogens (tertiary/aromatic N) is 5. The van der Waals surface area contributed by atoms with Crippen molar-refractivity contribution >= 4 is 17.8 Å². The predicted molar refractivity (Wildman–Crippen MR) is 62.3 cm³/mol. The van der Waals surface area contributed by atoms with E-state index in [1.165, 1.54) is 7.11 Å². The van der Waals surface area contributed by atoms with Gasteiger partial charge in [0.05, 0.1) is 7.11 Å². The predicted octanol–water partition coefficient (Wildman–Crippen LogP) is -0.0246. The first kappa shape index (κ1) is 12.2. The highest BCUT2D eigenvalue weighted by atomic mass is 16.5. The van der Waals surface area contributed by atoms with Crippen molar-refractivity contribution in [3.8, 4) is 0 Å². The van der Waals surface area contributed by atoms with E-state index < -0.39 is 0 Å². The summed E-state index contributed by atoms with van der Waals surface area (Å²) in [5.74, 6) is 1.14. The summed E-state index contributed by atoms with van der Waals surface area (Å²) < 4.78 is 4.80. The molecule has 1 aromatic rings. The van der Waals surface area contributed by atoms with E-state index >= 15 is 0 Å². The quantitative estimate of drug-likeness (QED) is 0.574. The van der Waals surface area contributed by atoms with Gasteiger partial charge in [-0.15, -0.1) is 0 Å². The minimum absolute atomic E-state index is 0.0754. The van der Waals surface area contributed by atoms with Crippen LogP contribution in [0, 0.1) is 5.41 Å². The maximum atomic E-state index is 7.54. The van der Waals surface area contributed by atoms with Gasteiger partial charge in [0.15, 0.2) is 0 Å². The van der Waals surface area contributed by atoms with Gasteiger partial charge in [0.2, 0.25) is 17.7 Å². The highest BCUT2D eigenvalue weighted by Crippen LogP contribution is 2.10. The molecule has 0 aliphatic carbocycles. The zero-order chi connectivity index (χ0) is 12.3. The lowest BCUT2D eigenvalue weighted by Crippen LogP contribution is -2.21. The molecular weight excluding hydrogens is 208 g/mol. The summed E-state index contributed by atoms with van der Waals surface area (Å²) in [5.41, 5.74) is 0. The first-order chi connectivity index (χ1) is 7.45. The van der Waals surface area contributed by atoms with Crippen molar-refractivity contribution < 1.29 is 4.74 Å². The lowest BCUT2D eigenvalue weighted by atomic mass is 10.5. The summed E-state index contributed by atoms with van der Waals surface area (Å²) >= 11 is 0. The van der Waals surface area contributed by atoms with E-state index in [0.29, 0.717) is 11.9 Å². The second-order valence-electron chi connectivity index (χ2n) is 3.58. The van der Waals surface area contributed by atoms with Crippen LogP contribution in [0.5, 0.6) is 0 Å². The Bertz CT molecular complexity index is 363. The topological polar surface area (TPSA) is 78.2 Å². The average Bonchev–Trinajstić information content (AvgIpc) is 2.27. The Morgan fingerprint density at radius 3 is 1.75 bits per heavy atom. The van der Waals surface area contributed by atoms with Crippen LogP contribution in [0.15, 0.2) is 0 Å². The Labute approximate surface area is 94.6 Å². The molecule has 1 aromatic heterocycles. The Hall–Kier alpha value is -1.92. The van der Waals surface area contributed by atoms with Crippen LogP contribution in [0.1, 0.15) is 5.82 Å². The van der Waals surface area contributed by atoms with Crippen LogP contribution in [0.3, 0.4) is 0 Å². The average molecular weight is 224 g/mol. The van der Waals surface area contributed by atoms with Crippen molar-refractivity contribution in [3.05, 3.63) is 5.82 Å². The number of hydrogen-bond donors (Lipinski definition) is 1. The lowest BCUT2D eigenvalue weighted by Gasteiger charge is -2.15. The summed E-state index contributed by atoms with van der Waals surface area (Å²) in [6.45, 7) is 0. The molecule has 0 spiro atoms. The number of anilines is 2. The number of aromatic nitrogens is 3. The first-order valence-electron chi connectivity index (χ1n) is 4.69. The number of rotatable bonds is 3. The molecule has 0 amide bonds. The van der Waals surface area contributed by atoms with Gasteiger partial charge in [-0.3, -0.25) is 5.41 Å². The molecule has 0 bridgehead atoms. The van der Waals surface area contributed by atoms with Crippen molar-refractivity contribution in [1.82, 2.24) is 15.0 Å². The number of ether oxygens (including phenoxy) is 1. The van der Waals surface area contributed by atoms with Crippen molar-refractivity contribution in [2.24, 2.45) is 0 Å². The molecule has 7 heteroatoms. The maximum absolute atomic E-state index is 7.54. The highest BCUT2D eigenvalue weighted by Gasteiger charge is 2.13. The fourth-order valence-corrected chi connectivity index (χ4v) is 0.947. The smallest absolute Gasteiger partial charge is 0.252 e. The summed E-state index contributed by atoms with van der Waals surface area (Å²) in [6, 6.07) is 0. The molecule has 1 rings (SSSR count). The second-order valence-corrected chi connectivity index (χ2v) is 3.58. The highest BCUT2D eigenvalue weighted by molar-refractivity contribution is 5.88. The summed E-state index contributed by atoms with van der Waals surface area (Å²) in [5, 5.41) is 7.54. The van der Waals surface area contributed by atoms with Gasteiger partial charge >= 0.3 is 0 Å². The van der Waals surface area contributed by atoms with E-state index in [9.17, 15) is 0 Å². The van der Waals surface area contributed by atoms with Crippen LogP contribution in [0.4, 0.5) is 11.9 Å². The van der Waals surface area contributed by atoms with Gasteiger partial charge in [0.25, 0.3) is 5.90 Å². The van der Waals surface area contributed by atoms with Gasteiger partial charge in [-0.2, -0.15) is 15.0 Å². The van der Waals surface area contributed by atoms with Crippen LogP contribution in [-0.2, 0) is 4.74 Å². The van der Waals surface area contributed by atoms with E-state index in [1.807, 2.05) is 28.2 Å². The minimum atomic E-state index is -0.0754. The second kappa shape index (κ2) is 4.73. The minimum Gasteiger partial charge on any atom is -0.479 e. The third kappa shape index (κ3) is 2.56. The molecule has 0 aromatic carbocycles. The monoisotopic (exact) mass is 224 g/mol. The van der Waals surface area contributed by atoms with Crippen LogP contribution in [0.25, 0.3) is 0 Å². The molecule has 1 N–H and O–H groups in total. The van der Waals surface area contributed by atoms with Crippen LogP contribution in [-0.4, -0.2) is 56.2 Å². The molecule has 0 radical (unpaired) electrons. The molecule has 16 heavy (non-hydrogen) atoms. The molecular formula is C9H16N6O. The zero-order valence-corrected chi connectivity index (χ0v) is 10.1. The molecule has 0 fully saturated rings. The normalized spacial score (nSPS) is 9.81. The lowest BCUT2D eigenvalue weighted by molar-refractivity contribution is 0.397. The summed E-state index contributed by atoms with van der Waals surface area (Å²) in [6.07, 6.45) is 0. The van der Waals surface area contributed by atoms with Crippen molar-refractivity contribution in [3.63, 3.8) is 0 Å². The third-order valence-corrected chi connectivity index (χ3v) is 1.82. The van der Waals surface area contributed by atoms with Crippen molar-refractivity contribution in [2.75, 3.05) is 45.1 Å². The molecule has 0 saturated carbocycles. The van der Waals surface area contributed by atoms with E-state index in [1.54, 1.807) is 9.80 Å². The van der Waals surface area contributed by atoms with Gasteiger partial charge < -0.3 is 14.5 Å². The van der Waals surface area contributed by atoms with E-state index in [-0.39, 0.29) is 11.7 Å². The molecule has 0 unspecified atom stereocenters. The van der Waals surface area contributed by atoms with Crippen molar-refractivity contribution in [1.29, 1.82) is 5.41 Å². The number of hydrogen-bond acceptors (Lipinski definition) is 7. The molecule has 88 valence electrons. The van der Waals surface area contributed by atoms with E-state index in [2.05, 4.69) is 15.0 Å². The Morgan fingerprint density at radius 1 is 1.00 bits per heavy atom. The Morgan fingerprint density at radius 2 is 1.44 bits per heavy atom. The van der Waals surface area contributed by atoms with Crippen LogP contribution in [0.2, 0.25) is 0 Å². The first-order valence-corrected chi connectivity index (χ1v) is 4.69. The molecule has 0 saturated heterocycles. The maximum Gasteiger partial charge on any atom is 0.252 e. The van der Waals surface area contributed by atoms with Gasteiger partial charge in [-0.05, 0) is 0 Å². The fraction of sp³-hybridized carbons (Fsp3) is 0.556. The Balaban J connectivity index is 3.24. The van der Waals surface area contributed by atoms with Gasteiger partial charge in [0.1, 0.15) is 0 Å².